The number of thiocarbonyl (C=S) groups is 1. The topological polar surface area (TPSA) is 63.0 Å². The first-order chi connectivity index (χ1) is 6.22. The van der Waals surface area contributed by atoms with Crippen LogP contribution in [0, 0.1) is 6.92 Å². The molecule has 0 aliphatic heterocycles. The van der Waals surface area contributed by atoms with Crippen LogP contribution in [-0.4, -0.2) is 28.8 Å². The van der Waals surface area contributed by atoms with Crippen molar-refractivity contribution in [2.24, 2.45) is 0 Å². The molecule has 0 spiro atoms. The summed E-state index contributed by atoms with van der Waals surface area (Å²) < 4.78 is 4.91. The van der Waals surface area contributed by atoms with Crippen molar-refractivity contribution in [3.8, 4) is 0 Å². The zero-order valence-electron chi connectivity index (χ0n) is 7.63. The molecule has 1 heterocycles. The molecule has 1 aromatic rings. The second-order valence-electron chi connectivity index (χ2n) is 2.49. The molecule has 0 saturated carbocycles. The predicted molar refractivity (Wildman–Crippen MR) is 52.4 cm³/mol. The van der Waals surface area contributed by atoms with Gasteiger partial charge in [-0.15, -0.1) is 0 Å². The van der Waals surface area contributed by atoms with Crippen molar-refractivity contribution in [1.29, 1.82) is 0 Å². The molecule has 2 N–H and O–H groups in total. The van der Waals surface area contributed by atoms with Crippen molar-refractivity contribution in [3.63, 3.8) is 0 Å². The van der Waals surface area contributed by atoms with E-state index in [1.165, 1.54) is 0 Å². The van der Waals surface area contributed by atoms with Gasteiger partial charge in [0.2, 0.25) is 5.89 Å². The first kappa shape index (κ1) is 9.91. The maximum Gasteiger partial charge on any atom is 0.228 e. The van der Waals surface area contributed by atoms with E-state index in [1.807, 2.05) is 0 Å². The Hall–Kier alpha value is -1.17. The first-order valence-electron chi connectivity index (χ1n) is 3.97. The fraction of sp³-hybridized carbons (Fsp3) is 0.571. The van der Waals surface area contributed by atoms with E-state index in [1.54, 1.807) is 14.0 Å². The molecule has 0 aliphatic carbocycles. The van der Waals surface area contributed by atoms with E-state index in [2.05, 4.69) is 20.8 Å². The van der Waals surface area contributed by atoms with Crippen LogP contribution in [0.5, 0.6) is 0 Å². The normalized spacial score (nSPS) is 9.69. The average molecular weight is 200 g/mol. The summed E-state index contributed by atoms with van der Waals surface area (Å²) in [6.07, 6.45) is 0.683. The monoisotopic (exact) mass is 200 g/mol. The maximum absolute atomic E-state index is 4.91. The van der Waals surface area contributed by atoms with E-state index in [4.69, 9.17) is 16.7 Å². The fourth-order valence-electron chi connectivity index (χ4n) is 0.813. The van der Waals surface area contributed by atoms with Gasteiger partial charge in [-0.3, -0.25) is 0 Å². The maximum atomic E-state index is 4.91. The van der Waals surface area contributed by atoms with E-state index < -0.39 is 0 Å². The van der Waals surface area contributed by atoms with Gasteiger partial charge in [0.25, 0.3) is 0 Å². The van der Waals surface area contributed by atoms with Crippen LogP contribution in [-0.2, 0) is 6.42 Å². The van der Waals surface area contributed by atoms with Crippen molar-refractivity contribution < 1.29 is 4.52 Å². The molecule has 5 nitrogen and oxygen atoms in total. The Labute approximate surface area is 81.9 Å². The molecule has 13 heavy (non-hydrogen) atoms. The quantitative estimate of drug-likeness (QED) is 0.670. The average Bonchev–Trinajstić information content (AvgIpc) is 2.51. The van der Waals surface area contributed by atoms with Gasteiger partial charge in [-0.2, -0.15) is 4.98 Å². The molecule has 6 heteroatoms. The van der Waals surface area contributed by atoms with Crippen LogP contribution >= 0.6 is 12.2 Å². The minimum atomic E-state index is 0.622. The number of hydrogen-bond donors (Lipinski definition) is 2. The fourth-order valence-corrected chi connectivity index (χ4v) is 0.915. The minimum Gasteiger partial charge on any atom is -0.366 e. The molecule has 0 fully saturated rings. The summed E-state index contributed by atoms with van der Waals surface area (Å²) in [5.74, 6) is 1.29. The Morgan fingerprint density at radius 3 is 2.92 bits per heavy atom. The van der Waals surface area contributed by atoms with Crippen molar-refractivity contribution in [2.75, 3.05) is 13.6 Å². The van der Waals surface area contributed by atoms with E-state index in [-0.39, 0.29) is 0 Å². The lowest BCUT2D eigenvalue weighted by atomic mass is 10.4. The summed E-state index contributed by atoms with van der Waals surface area (Å²) in [5, 5.41) is 10.1. The largest absolute Gasteiger partial charge is 0.366 e. The van der Waals surface area contributed by atoms with Crippen LogP contribution < -0.4 is 10.6 Å². The van der Waals surface area contributed by atoms with Crippen molar-refractivity contribution in [3.05, 3.63) is 11.7 Å². The number of nitrogens with zero attached hydrogens (tertiary/aromatic N) is 2. The molecule has 0 aliphatic rings. The summed E-state index contributed by atoms with van der Waals surface area (Å²) in [6, 6.07) is 0. The highest BCUT2D eigenvalue weighted by Crippen LogP contribution is 1.95. The molecule has 0 radical (unpaired) electrons. The standard InChI is InChI=1S/C7H12N4OS/c1-5-10-6(12-11-5)3-4-9-7(13)8-2/h3-4H2,1-2H3,(H2,8,9,13). The Kier molecular flexibility index (Phi) is 3.63. The summed E-state index contributed by atoms with van der Waals surface area (Å²) in [6.45, 7) is 2.49. The summed E-state index contributed by atoms with van der Waals surface area (Å²) >= 11 is 4.89. The third kappa shape index (κ3) is 3.37. The Morgan fingerprint density at radius 1 is 1.62 bits per heavy atom. The van der Waals surface area contributed by atoms with Gasteiger partial charge < -0.3 is 15.2 Å². The second kappa shape index (κ2) is 4.76. The van der Waals surface area contributed by atoms with Crippen molar-refractivity contribution in [2.45, 2.75) is 13.3 Å². The third-order valence-corrected chi connectivity index (χ3v) is 1.77. The van der Waals surface area contributed by atoms with Crippen LogP contribution in [0.25, 0.3) is 0 Å². The van der Waals surface area contributed by atoms with Gasteiger partial charge in [-0.05, 0) is 19.1 Å². The molecule has 0 aromatic carbocycles. The van der Waals surface area contributed by atoms with E-state index in [0.717, 1.165) is 0 Å². The van der Waals surface area contributed by atoms with Crippen LogP contribution in [0.3, 0.4) is 0 Å². The number of aromatic nitrogens is 2. The molecule has 0 bridgehead atoms. The van der Waals surface area contributed by atoms with Crippen LogP contribution in [0.1, 0.15) is 11.7 Å². The van der Waals surface area contributed by atoms with E-state index >= 15 is 0 Å². The summed E-state index contributed by atoms with van der Waals surface area (Å²) in [5.41, 5.74) is 0. The van der Waals surface area contributed by atoms with Gasteiger partial charge in [-0.25, -0.2) is 0 Å². The third-order valence-electron chi connectivity index (χ3n) is 1.42. The van der Waals surface area contributed by atoms with E-state index in [9.17, 15) is 0 Å². The van der Waals surface area contributed by atoms with Crippen LogP contribution in [0.4, 0.5) is 0 Å². The SMILES string of the molecule is CNC(=S)NCCc1nc(C)no1. The molecular weight excluding hydrogens is 188 g/mol. The van der Waals surface area contributed by atoms with Gasteiger partial charge in [0.05, 0.1) is 0 Å². The summed E-state index contributed by atoms with van der Waals surface area (Å²) in [7, 11) is 1.77. The Bertz CT molecular complexity index is 286. The highest BCUT2D eigenvalue weighted by atomic mass is 32.1. The molecule has 0 amide bonds. The molecule has 0 atom stereocenters. The second-order valence-corrected chi connectivity index (χ2v) is 2.90. The number of hydrogen-bond acceptors (Lipinski definition) is 4. The zero-order valence-corrected chi connectivity index (χ0v) is 8.44. The number of rotatable bonds is 3. The lowest BCUT2D eigenvalue weighted by molar-refractivity contribution is 0.374. The smallest absolute Gasteiger partial charge is 0.228 e. The molecule has 1 aromatic heterocycles. The number of aryl methyl sites for hydroxylation is 1. The Morgan fingerprint density at radius 2 is 2.38 bits per heavy atom. The van der Waals surface area contributed by atoms with Crippen molar-refractivity contribution >= 4 is 17.3 Å². The predicted octanol–water partition coefficient (Wildman–Crippen LogP) is 0.0144. The molecule has 72 valence electrons. The molecule has 1 rings (SSSR count). The highest BCUT2D eigenvalue weighted by molar-refractivity contribution is 7.80. The van der Waals surface area contributed by atoms with Crippen LogP contribution in [0.2, 0.25) is 0 Å². The van der Waals surface area contributed by atoms with Gasteiger partial charge in [0.1, 0.15) is 0 Å². The van der Waals surface area contributed by atoms with E-state index in [0.29, 0.717) is 29.8 Å². The lowest BCUT2D eigenvalue weighted by Gasteiger charge is -2.03. The first-order valence-corrected chi connectivity index (χ1v) is 4.38. The summed E-state index contributed by atoms with van der Waals surface area (Å²) in [4.78, 5) is 4.05. The molecule has 0 saturated heterocycles. The Balaban J connectivity index is 2.24. The highest BCUT2D eigenvalue weighted by Gasteiger charge is 2.01. The lowest BCUT2D eigenvalue weighted by Crippen LogP contribution is -2.33. The van der Waals surface area contributed by atoms with Crippen molar-refractivity contribution in [1.82, 2.24) is 20.8 Å². The van der Waals surface area contributed by atoms with Gasteiger partial charge >= 0.3 is 0 Å². The van der Waals surface area contributed by atoms with Gasteiger partial charge in [0.15, 0.2) is 10.9 Å². The van der Waals surface area contributed by atoms with Crippen LogP contribution in [0.15, 0.2) is 4.52 Å². The molecular formula is C7H12N4OS. The van der Waals surface area contributed by atoms with Gasteiger partial charge in [-0.1, -0.05) is 5.16 Å². The zero-order chi connectivity index (χ0) is 9.68. The minimum absolute atomic E-state index is 0.622. The van der Waals surface area contributed by atoms with Gasteiger partial charge in [0, 0.05) is 20.0 Å². The number of nitrogens with one attached hydrogen (secondary N) is 2. The molecule has 0 unspecified atom stereocenters.